The smallest absolute Gasteiger partial charge is 0.212 e. The van der Waals surface area contributed by atoms with Crippen molar-refractivity contribution in [3.05, 3.63) is 23.9 Å². The van der Waals surface area contributed by atoms with Gasteiger partial charge < -0.3 is 10.1 Å². The van der Waals surface area contributed by atoms with Crippen LogP contribution in [0.5, 0.6) is 5.88 Å². The quantitative estimate of drug-likeness (QED) is 0.828. The standard InChI is InChI=1S/C18H30N2O/c1-4-14-6-9-16(10-7-14)17(19-5-2)12-15-8-11-18(21-3)20-13-15/h8,11,13-14,16-17,19H,4-7,9-10,12H2,1-3H3. The van der Waals surface area contributed by atoms with Gasteiger partial charge in [-0.05, 0) is 43.2 Å². The summed E-state index contributed by atoms with van der Waals surface area (Å²) in [5.74, 6) is 2.48. The van der Waals surface area contributed by atoms with Crippen molar-refractivity contribution in [3.8, 4) is 5.88 Å². The van der Waals surface area contributed by atoms with Crippen LogP contribution < -0.4 is 10.1 Å². The molecule has 0 spiro atoms. The molecule has 3 nitrogen and oxygen atoms in total. The van der Waals surface area contributed by atoms with Gasteiger partial charge in [0.05, 0.1) is 7.11 Å². The van der Waals surface area contributed by atoms with Gasteiger partial charge in [-0.2, -0.15) is 0 Å². The first-order valence-corrected chi connectivity index (χ1v) is 8.49. The third-order valence-corrected chi connectivity index (χ3v) is 4.97. The number of pyridine rings is 1. The molecule has 1 saturated carbocycles. The molecule has 3 heteroatoms. The monoisotopic (exact) mass is 290 g/mol. The lowest BCUT2D eigenvalue weighted by Crippen LogP contribution is -2.39. The second-order valence-corrected chi connectivity index (χ2v) is 6.27. The van der Waals surface area contributed by atoms with Gasteiger partial charge in [0.25, 0.3) is 0 Å². The van der Waals surface area contributed by atoms with Crippen molar-refractivity contribution >= 4 is 0 Å². The van der Waals surface area contributed by atoms with Crippen LogP contribution in [0.15, 0.2) is 18.3 Å². The number of ether oxygens (including phenoxy) is 1. The molecular weight excluding hydrogens is 260 g/mol. The lowest BCUT2D eigenvalue weighted by atomic mass is 9.76. The molecule has 0 bridgehead atoms. The largest absolute Gasteiger partial charge is 0.481 e. The van der Waals surface area contributed by atoms with Crippen LogP contribution in [0, 0.1) is 11.8 Å². The van der Waals surface area contributed by atoms with E-state index in [1.165, 1.54) is 37.7 Å². The maximum Gasteiger partial charge on any atom is 0.212 e. The van der Waals surface area contributed by atoms with Gasteiger partial charge >= 0.3 is 0 Å². The average Bonchev–Trinajstić information content (AvgIpc) is 2.55. The number of aromatic nitrogens is 1. The van der Waals surface area contributed by atoms with Crippen molar-refractivity contribution in [2.45, 2.75) is 58.4 Å². The highest BCUT2D eigenvalue weighted by molar-refractivity contribution is 5.18. The summed E-state index contributed by atoms with van der Waals surface area (Å²) in [6.45, 7) is 5.58. The summed E-state index contributed by atoms with van der Waals surface area (Å²) in [6, 6.07) is 4.70. The summed E-state index contributed by atoms with van der Waals surface area (Å²) in [5, 5.41) is 3.70. The fourth-order valence-corrected chi connectivity index (χ4v) is 3.57. The second-order valence-electron chi connectivity index (χ2n) is 6.27. The molecule has 0 aromatic carbocycles. The Hall–Kier alpha value is -1.09. The van der Waals surface area contributed by atoms with Crippen molar-refractivity contribution in [1.29, 1.82) is 0 Å². The maximum absolute atomic E-state index is 5.14. The van der Waals surface area contributed by atoms with Gasteiger partial charge in [0, 0.05) is 18.3 Å². The van der Waals surface area contributed by atoms with Crippen LogP contribution in [0.1, 0.15) is 51.5 Å². The molecule has 0 saturated heterocycles. The summed E-state index contributed by atoms with van der Waals surface area (Å²) in [6.07, 6.45) is 9.95. The molecule has 118 valence electrons. The minimum atomic E-state index is 0.586. The van der Waals surface area contributed by atoms with Crippen molar-refractivity contribution < 1.29 is 4.74 Å². The lowest BCUT2D eigenvalue weighted by Gasteiger charge is -2.34. The van der Waals surface area contributed by atoms with E-state index in [2.05, 4.69) is 30.2 Å². The molecule has 1 aliphatic carbocycles. The molecule has 1 heterocycles. The van der Waals surface area contributed by atoms with E-state index in [0.717, 1.165) is 24.8 Å². The molecule has 1 fully saturated rings. The van der Waals surface area contributed by atoms with Crippen LogP contribution in [0.2, 0.25) is 0 Å². The predicted molar refractivity (Wildman–Crippen MR) is 87.7 cm³/mol. The van der Waals surface area contributed by atoms with E-state index >= 15 is 0 Å². The number of likely N-dealkylation sites (N-methyl/N-ethyl adjacent to an activating group) is 1. The Morgan fingerprint density at radius 2 is 2.00 bits per heavy atom. The summed E-state index contributed by atoms with van der Waals surface area (Å²) in [7, 11) is 1.66. The van der Waals surface area contributed by atoms with Gasteiger partial charge in [-0.15, -0.1) is 0 Å². The van der Waals surface area contributed by atoms with E-state index in [9.17, 15) is 0 Å². The zero-order chi connectivity index (χ0) is 15.1. The molecular formula is C18H30N2O. The first-order valence-electron chi connectivity index (χ1n) is 8.49. The molecule has 1 atom stereocenters. The highest BCUT2D eigenvalue weighted by Crippen LogP contribution is 2.33. The van der Waals surface area contributed by atoms with Crippen LogP contribution in [0.4, 0.5) is 0 Å². The van der Waals surface area contributed by atoms with Gasteiger partial charge in [-0.1, -0.05) is 39.2 Å². The molecule has 0 aliphatic heterocycles. The van der Waals surface area contributed by atoms with Gasteiger partial charge in [-0.3, -0.25) is 0 Å². The van der Waals surface area contributed by atoms with Gasteiger partial charge in [0.1, 0.15) is 0 Å². The normalized spacial score (nSPS) is 23.8. The molecule has 1 aromatic heterocycles. The van der Waals surface area contributed by atoms with Gasteiger partial charge in [0.15, 0.2) is 0 Å². The number of nitrogens with one attached hydrogen (secondary N) is 1. The molecule has 0 amide bonds. The van der Waals surface area contributed by atoms with E-state index in [1.807, 2.05) is 12.3 Å². The zero-order valence-corrected chi connectivity index (χ0v) is 13.8. The molecule has 1 N–H and O–H groups in total. The lowest BCUT2D eigenvalue weighted by molar-refractivity contribution is 0.218. The highest BCUT2D eigenvalue weighted by atomic mass is 16.5. The predicted octanol–water partition coefficient (Wildman–Crippen LogP) is 3.83. The van der Waals surface area contributed by atoms with Crippen molar-refractivity contribution in [2.24, 2.45) is 11.8 Å². The van der Waals surface area contributed by atoms with Crippen LogP contribution >= 0.6 is 0 Å². The topological polar surface area (TPSA) is 34.1 Å². The Bertz CT molecular complexity index is 396. The van der Waals surface area contributed by atoms with Crippen LogP contribution in [0.25, 0.3) is 0 Å². The minimum Gasteiger partial charge on any atom is -0.481 e. The fraction of sp³-hybridized carbons (Fsp3) is 0.722. The maximum atomic E-state index is 5.14. The Labute approximate surface area is 129 Å². The van der Waals surface area contributed by atoms with Crippen molar-refractivity contribution in [2.75, 3.05) is 13.7 Å². The fourth-order valence-electron chi connectivity index (χ4n) is 3.57. The van der Waals surface area contributed by atoms with Gasteiger partial charge in [-0.25, -0.2) is 4.98 Å². The first-order chi connectivity index (χ1) is 10.3. The Morgan fingerprint density at radius 1 is 1.24 bits per heavy atom. The van der Waals surface area contributed by atoms with Crippen molar-refractivity contribution in [3.63, 3.8) is 0 Å². The van der Waals surface area contributed by atoms with E-state index in [1.54, 1.807) is 7.11 Å². The summed E-state index contributed by atoms with van der Waals surface area (Å²) >= 11 is 0. The van der Waals surface area contributed by atoms with Crippen LogP contribution in [-0.4, -0.2) is 24.7 Å². The van der Waals surface area contributed by atoms with Gasteiger partial charge in [0.2, 0.25) is 5.88 Å². The Kier molecular flexibility index (Phi) is 6.50. The minimum absolute atomic E-state index is 0.586. The zero-order valence-electron chi connectivity index (χ0n) is 13.8. The Balaban J connectivity index is 1.94. The van der Waals surface area contributed by atoms with E-state index in [-0.39, 0.29) is 0 Å². The van der Waals surface area contributed by atoms with E-state index in [4.69, 9.17) is 4.74 Å². The third-order valence-electron chi connectivity index (χ3n) is 4.97. The summed E-state index contributed by atoms with van der Waals surface area (Å²) in [4.78, 5) is 4.33. The molecule has 0 radical (unpaired) electrons. The number of nitrogens with zero attached hydrogens (tertiary/aromatic N) is 1. The molecule has 2 rings (SSSR count). The third kappa shape index (κ3) is 4.70. The molecule has 1 aromatic rings. The second kappa shape index (κ2) is 8.38. The van der Waals surface area contributed by atoms with Crippen LogP contribution in [-0.2, 0) is 6.42 Å². The van der Waals surface area contributed by atoms with E-state index < -0.39 is 0 Å². The molecule has 1 unspecified atom stereocenters. The Morgan fingerprint density at radius 3 is 2.52 bits per heavy atom. The number of hydrogen-bond acceptors (Lipinski definition) is 3. The number of hydrogen-bond donors (Lipinski definition) is 1. The summed E-state index contributed by atoms with van der Waals surface area (Å²) in [5.41, 5.74) is 1.30. The van der Waals surface area contributed by atoms with E-state index in [0.29, 0.717) is 11.9 Å². The highest BCUT2D eigenvalue weighted by Gasteiger charge is 2.26. The molecule has 1 aliphatic rings. The first kappa shape index (κ1) is 16.3. The number of methoxy groups -OCH3 is 1. The van der Waals surface area contributed by atoms with Crippen molar-refractivity contribution in [1.82, 2.24) is 10.3 Å². The molecule has 21 heavy (non-hydrogen) atoms. The average molecular weight is 290 g/mol. The SMILES string of the molecule is CCNC(Cc1ccc(OC)nc1)C1CCC(CC)CC1. The summed E-state index contributed by atoms with van der Waals surface area (Å²) < 4.78 is 5.14. The van der Waals surface area contributed by atoms with Crippen LogP contribution in [0.3, 0.4) is 0 Å². The number of rotatable bonds is 7.